The third kappa shape index (κ3) is 6.14. The first-order valence-electron chi connectivity index (χ1n) is 9.74. The highest BCUT2D eigenvalue weighted by Crippen LogP contribution is 2.38. The molecule has 1 atom stereocenters. The third-order valence-corrected chi connectivity index (χ3v) is 4.70. The predicted octanol–water partition coefficient (Wildman–Crippen LogP) is 3.24. The van der Waals surface area contributed by atoms with Gasteiger partial charge in [-0.3, -0.25) is 9.59 Å². The van der Waals surface area contributed by atoms with Gasteiger partial charge in [0, 0.05) is 0 Å². The molecule has 0 heterocycles. The topological polar surface area (TPSA) is 83.1 Å². The lowest BCUT2D eigenvalue weighted by molar-refractivity contribution is -0.148. The fourth-order valence-corrected chi connectivity index (χ4v) is 3.01. The van der Waals surface area contributed by atoms with Crippen molar-refractivity contribution < 1.29 is 28.5 Å². The molecule has 2 rings (SSSR count). The normalized spacial score (nSPS) is 11.4. The van der Waals surface area contributed by atoms with Crippen molar-refractivity contribution >= 4 is 11.9 Å². The molecule has 0 aliphatic carbocycles. The summed E-state index contributed by atoms with van der Waals surface area (Å²) in [4.78, 5) is 24.3. The van der Waals surface area contributed by atoms with Crippen molar-refractivity contribution in [3.8, 4) is 17.2 Å². The molecule has 0 aliphatic rings. The SMILES string of the molecule is CCc1ccc([C@@H](C)NC(=O)COC(=O)Cc2cc(OC)c(OC)c(OC)c2)cc1. The Labute approximate surface area is 177 Å². The molecule has 1 N–H and O–H groups in total. The molecule has 0 saturated carbocycles. The van der Waals surface area contributed by atoms with E-state index in [1.54, 1.807) is 12.1 Å². The van der Waals surface area contributed by atoms with Gasteiger partial charge in [-0.1, -0.05) is 31.2 Å². The maximum atomic E-state index is 12.2. The maximum absolute atomic E-state index is 12.2. The largest absolute Gasteiger partial charge is 0.493 e. The lowest BCUT2D eigenvalue weighted by Gasteiger charge is -2.15. The molecule has 162 valence electrons. The molecule has 0 unspecified atom stereocenters. The van der Waals surface area contributed by atoms with Crippen LogP contribution in [-0.2, 0) is 27.2 Å². The van der Waals surface area contributed by atoms with Crippen LogP contribution in [0.15, 0.2) is 36.4 Å². The molecule has 0 radical (unpaired) electrons. The van der Waals surface area contributed by atoms with E-state index in [-0.39, 0.29) is 25.0 Å². The Hall–Kier alpha value is -3.22. The quantitative estimate of drug-likeness (QED) is 0.600. The summed E-state index contributed by atoms with van der Waals surface area (Å²) in [6, 6.07) is 11.2. The van der Waals surface area contributed by atoms with E-state index in [2.05, 4.69) is 12.2 Å². The van der Waals surface area contributed by atoms with E-state index in [9.17, 15) is 9.59 Å². The molecule has 0 saturated heterocycles. The fraction of sp³-hybridized carbons (Fsp3) is 0.391. The smallest absolute Gasteiger partial charge is 0.310 e. The van der Waals surface area contributed by atoms with Gasteiger partial charge < -0.3 is 24.3 Å². The second kappa shape index (κ2) is 11.1. The van der Waals surface area contributed by atoms with Crippen molar-refractivity contribution in [1.29, 1.82) is 0 Å². The molecule has 7 heteroatoms. The number of carbonyl (C=O) groups excluding carboxylic acids is 2. The lowest BCUT2D eigenvalue weighted by atomic mass is 10.1. The van der Waals surface area contributed by atoms with Crippen LogP contribution in [0.3, 0.4) is 0 Å². The molecule has 0 spiro atoms. The molecule has 2 aromatic carbocycles. The van der Waals surface area contributed by atoms with Gasteiger partial charge in [-0.2, -0.15) is 0 Å². The van der Waals surface area contributed by atoms with Crippen LogP contribution in [0.25, 0.3) is 0 Å². The van der Waals surface area contributed by atoms with E-state index in [4.69, 9.17) is 18.9 Å². The third-order valence-electron chi connectivity index (χ3n) is 4.70. The van der Waals surface area contributed by atoms with Crippen LogP contribution < -0.4 is 19.5 Å². The van der Waals surface area contributed by atoms with Crippen molar-refractivity contribution in [3.63, 3.8) is 0 Å². The number of ether oxygens (including phenoxy) is 4. The summed E-state index contributed by atoms with van der Waals surface area (Å²) < 4.78 is 20.9. The van der Waals surface area contributed by atoms with E-state index in [0.29, 0.717) is 22.8 Å². The van der Waals surface area contributed by atoms with Gasteiger partial charge >= 0.3 is 5.97 Å². The Morgan fingerprint density at radius 1 is 0.933 bits per heavy atom. The van der Waals surface area contributed by atoms with Crippen molar-refractivity contribution in [2.24, 2.45) is 0 Å². The number of nitrogens with one attached hydrogen (secondary N) is 1. The van der Waals surface area contributed by atoms with Gasteiger partial charge in [-0.25, -0.2) is 0 Å². The summed E-state index contributed by atoms with van der Waals surface area (Å²) in [5.74, 6) is 0.442. The van der Waals surface area contributed by atoms with Gasteiger partial charge in [-0.15, -0.1) is 0 Å². The molecule has 30 heavy (non-hydrogen) atoms. The minimum atomic E-state index is -0.528. The minimum Gasteiger partial charge on any atom is -0.493 e. The van der Waals surface area contributed by atoms with Gasteiger partial charge in [0.15, 0.2) is 18.1 Å². The Kier molecular flexibility index (Phi) is 8.53. The van der Waals surface area contributed by atoms with Gasteiger partial charge in [0.1, 0.15) is 0 Å². The van der Waals surface area contributed by atoms with Crippen molar-refractivity contribution in [1.82, 2.24) is 5.32 Å². The van der Waals surface area contributed by atoms with Crippen molar-refractivity contribution in [2.75, 3.05) is 27.9 Å². The van der Waals surface area contributed by atoms with Crippen molar-refractivity contribution in [2.45, 2.75) is 32.7 Å². The molecule has 2 aromatic rings. The van der Waals surface area contributed by atoms with Crippen LogP contribution >= 0.6 is 0 Å². The molecule has 0 aromatic heterocycles. The van der Waals surface area contributed by atoms with Crippen LogP contribution in [0.2, 0.25) is 0 Å². The Morgan fingerprint density at radius 3 is 2.03 bits per heavy atom. The van der Waals surface area contributed by atoms with Gasteiger partial charge in [0.05, 0.1) is 33.8 Å². The summed E-state index contributed by atoms with van der Waals surface area (Å²) in [6.45, 7) is 3.63. The van der Waals surface area contributed by atoms with Crippen LogP contribution in [0.1, 0.15) is 36.6 Å². The van der Waals surface area contributed by atoms with E-state index in [0.717, 1.165) is 12.0 Å². The zero-order chi connectivity index (χ0) is 22.1. The van der Waals surface area contributed by atoms with Crippen LogP contribution in [0.5, 0.6) is 17.2 Å². The van der Waals surface area contributed by atoms with Crippen LogP contribution in [0.4, 0.5) is 0 Å². The highest BCUT2D eigenvalue weighted by Gasteiger charge is 2.17. The Bertz CT molecular complexity index is 837. The monoisotopic (exact) mass is 415 g/mol. The average Bonchev–Trinajstić information content (AvgIpc) is 2.76. The van der Waals surface area contributed by atoms with E-state index < -0.39 is 5.97 Å². The number of rotatable bonds is 10. The lowest BCUT2D eigenvalue weighted by Crippen LogP contribution is -2.31. The molecule has 0 fully saturated rings. The molecular weight excluding hydrogens is 386 g/mol. The van der Waals surface area contributed by atoms with Crippen molar-refractivity contribution in [3.05, 3.63) is 53.1 Å². The Morgan fingerprint density at radius 2 is 1.53 bits per heavy atom. The summed E-state index contributed by atoms with van der Waals surface area (Å²) in [6.07, 6.45) is 0.931. The molecule has 0 bridgehead atoms. The first-order valence-corrected chi connectivity index (χ1v) is 9.74. The predicted molar refractivity (Wildman–Crippen MR) is 113 cm³/mol. The number of benzene rings is 2. The first kappa shape index (κ1) is 23.1. The summed E-state index contributed by atoms with van der Waals surface area (Å²) >= 11 is 0. The number of aryl methyl sites for hydroxylation is 1. The number of esters is 1. The number of hydrogen-bond donors (Lipinski definition) is 1. The molecule has 0 aliphatic heterocycles. The zero-order valence-corrected chi connectivity index (χ0v) is 18.1. The van der Waals surface area contributed by atoms with Gasteiger partial charge in [0.25, 0.3) is 5.91 Å². The fourth-order valence-electron chi connectivity index (χ4n) is 3.01. The van der Waals surface area contributed by atoms with Crippen LogP contribution in [-0.4, -0.2) is 39.8 Å². The first-order chi connectivity index (χ1) is 14.4. The summed E-state index contributed by atoms with van der Waals surface area (Å²) in [5.41, 5.74) is 2.85. The van der Waals surface area contributed by atoms with Gasteiger partial charge in [0.2, 0.25) is 5.75 Å². The summed E-state index contributed by atoms with van der Waals surface area (Å²) in [7, 11) is 4.51. The van der Waals surface area contributed by atoms with Gasteiger partial charge in [-0.05, 0) is 42.2 Å². The number of carbonyl (C=O) groups is 2. The highest BCUT2D eigenvalue weighted by atomic mass is 16.5. The minimum absolute atomic E-state index is 0.0297. The van der Waals surface area contributed by atoms with E-state index in [1.165, 1.54) is 26.9 Å². The number of hydrogen-bond acceptors (Lipinski definition) is 6. The van der Waals surface area contributed by atoms with E-state index in [1.807, 2.05) is 31.2 Å². The number of methoxy groups -OCH3 is 3. The Balaban J connectivity index is 1.90. The second-order valence-electron chi connectivity index (χ2n) is 6.76. The zero-order valence-electron chi connectivity index (χ0n) is 18.1. The standard InChI is InChI=1S/C23H29NO6/c1-6-16-7-9-18(10-8-16)15(2)24-21(25)14-30-22(26)13-17-11-19(27-3)23(29-5)20(12-17)28-4/h7-12,15H,6,13-14H2,1-5H3,(H,24,25)/t15-/m1/s1. The highest BCUT2D eigenvalue weighted by molar-refractivity contribution is 5.81. The maximum Gasteiger partial charge on any atom is 0.310 e. The molecular formula is C23H29NO6. The average molecular weight is 415 g/mol. The number of amides is 1. The van der Waals surface area contributed by atoms with Crippen LogP contribution in [0, 0.1) is 0 Å². The molecule has 1 amide bonds. The molecule has 7 nitrogen and oxygen atoms in total. The second-order valence-corrected chi connectivity index (χ2v) is 6.76. The summed E-state index contributed by atoms with van der Waals surface area (Å²) in [5, 5.41) is 2.83. The van der Waals surface area contributed by atoms with E-state index >= 15 is 0 Å².